The monoisotopic (exact) mass is 206 g/mol. The third-order valence-electron chi connectivity index (χ3n) is 2.49. The van der Waals surface area contributed by atoms with Crippen LogP contribution in [0.3, 0.4) is 0 Å². The van der Waals surface area contributed by atoms with Crippen molar-refractivity contribution >= 4 is 0 Å². The highest BCUT2D eigenvalue weighted by atomic mass is 16.6. The molecule has 4 nitrogen and oxygen atoms in total. The van der Waals surface area contributed by atoms with Gasteiger partial charge in [-0.3, -0.25) is 0 Å². The molecule has 0 spiro atoms. The van der Waals surface area contributed by atoms with E-state index in [-0.39, 0.29) is 12.5 Å². The van der Waals surface area contributed by atoms with E-state index in [1.165, 1.54) is 7.11 Å². The highest BCUT2D eigenvalue weighted by Crippen LogP contribution is 2.20. The Morgan fingerprint density at radius 2 is 1.93 bits per heavy atom. The van der Waals surface area contributed by atoms with Crippen LogP contribution < -0.4 is 0 Å². The van der Waals surface area contributed by atoms with Gasteiger partial charge in [-0.15, -0.1) is 0 Å². The van der Waals surface area contributed by atoms with Crippen LogP contribution in [0.15, 0.2) is 0 Å². The minimum absolute atomic E-state index is 0.0111. The lowest BCUT2D eigenvalue weighted by Crippen LogP contribution is -2.35. The molecule has 3 unspecified atom stereocenters. The van der Waals surface area contributed by atoms with Crippen LogP contribution in [0.1, 0.15) is 33.1 Å². The molecule has 0 radical (unpaired) electrons. The Balaban J connectivity index is 3.96. The minimum atomic E-state index is -1.22. The van der Waals surface area contributed by atoms with Crippen LogP contribution in [-0.2, 0) is 9.47 Å². The van der Waals surface area contributed by atoms with Crippen LogP contribution >= 0.6 is 0 Å². The lowest BCUT2D eigenvalue weighted by Gasteiger charge is -2.28. The van der Waals surface area contributed by atoms with Crippen LogP contribution in [0.5, 0.6) is 0 Å². The molecule has 0 heterocycles. The van der Waals surface area contributed by atoms with Crippen molar-refractivity contribution in [1.82, 2.24) is 0 Å². The van der Waals surface area contributed by atoms with E-state index in [1.54, 1.807) is 7.11 Å². The SMILES string of the molecule is CCC(O)(CC(O)CC(C)OC)OC. The maximum atomic E-state index is 9.76. The topological polar surface area (TPSA) is 58.9 Å². The third-order valence-corrected chi connectivity index (χ3v) is 2.49. The molecule has 14 heavy (non-hydrogen) atoms. The first-order valence-electron chi connectivity index (χ1n) is 4.95. The normalized spacial score (nSPS) is 20.1. The van der Waals surface area contributed by atoms with Gasteiger partial charge in [-0.2, -0.15) is 0 Å². The second-order valence-electron chi connectivity index (χ2n) is 3.64. The van der Waals surface area contributed by atoms with Crippen molar-refractivity contribution in [3.8, 4) is 0 Å². The molecule has 0 amide bonds. The Morgan fingerprint density at radius 3 is 2.29 bits per heavy atom. The van der Waals surface area contributed by atoms with Crippen molar-refractivity contribution in [3.63, 3.8) is 0 Å². The fourth-order valence-corrected chi connectivity index (χ4v) is 1.30. The first kappa shape index (κ1) is 13.8. The molecule has 0 fully saturated rings. The molecule has 2 N–H and O–H groups in total. The molecule has 0 aliphatic heterocycles. The summed E-state index contributed by atoms with van der Waals surface area (Å²) >= 11 is 0. The summed E-state index contributed by atoms with van der Waals surface area (Å²) in [7, 11) is 3.04. The lowest BCUT2D eigenvalue weighted by atomic mass is 10.0. The Bertz CT molecular complexity index is 145. The van der Waals surface area contributed by atoms with Gasteiger partial charge in [0.05, 0.1) is 12.2 Å². The van der Waals surface area contributed by atoms with Gasteiger partial charge in [0, 0.05) is 20.6 Å². The number of aliphatic hydroxyl groups is 2. The predicted molar refractivity (Wildman–Crippen MR) is 54.0 cm³/mol. The molecule has 0 rings (SSSR count). The first-order chi connectivity index (χ1) is 6.47. The van der Waals surface area contributed by atoms with Crippen LogP contribution in [-0.4, -0.2) is 42.4 Å². The van der Waals surface area contributed by atoms with E-state index >= 15 is 0 Å². The van der Waals surface area contributed by atoms with E-state index in [4.69, 9.17) is 9.47 Å². The molecule has 0 aromatic carbocycles. The average molecular weight is 206 g/mol. The van der Waals surface area contributed by atoms with Crippen molar-refractivity contribution < 1.29 is 19.7 Å². The summed E-state index contributed by atoms with van der Waals surface area (Å²) in [6.07, 6.45) is 0.565. The molecule has 0 aromatic rings. The summed E-state index contributed by atoms with van der Waals surface area (Å²) in [5.74, 6) is -1.22. The van der Waals surface area contributed by atoms with E-state index in [1.807, 2.05) is 13.8 Å². The van der Waals surface area contributed by atoms with Gasteiger partial charge in [0.25, 0.3) is 0 Å². The quantitative estimate of drug-likeness (QED) is 0.608. The molecule has 0 aliphatic rings. The summed E-state index contributed by atoms with van der Waals surface area (Å²) in [5.41, 5.74) is 0. The van der Waals surface area contributed by atoms with Gasteiger partial charge in [-0.1, -0.05) is 6.92 Å². The lowest BCUT2D eigenvalue weighted by molar-refractivity contribution is -0.205. The van der Waals surface area contributed by atoms with Gasteiger partial charge in [0.1, 0.15) is 0 Å². The van der Waals surface area contributed by atoms with Crippen molar-refractivity contribution in [1.29, 1.82) is 0 Å². The molecule has 0 saturated carbocycles. The largest absolute Gasteiger partial charge is 0.393 e. The zero-order chi connectivity index (χ0) is 11.2. The molecule has 0 aromatic heterocycles. The summed E-state index contributed by atoms with van der Waals surface area (Å²) in [6.45, 7) is 3.69. The maximum absolute atomic E-state index is 9.76. The summed E-state index contributed by atoms with van der Waals surface area (Å²) in [5, 5.41) is 19.4. The van der Waals surface area contributed by atoms with E-state index < -0.39 is 11.9 Å². The third kappa shape index (κ3) is 4.91. The summed E-state index contributed by atoms with van der Waals surface area (Å²) in [4.78, 5) is 0. The fraction of sp³-hybridized carbons (Fsp3) is 1.00. The van der Waals surface area contributed by atoms with E-state index in [0.29, 0.717) is 12.8 Å². The number of methoxy groups -OCH3 is 2. The molecule has 0 aliphatic carbocycles. The number of aliphatic hydroxyl groups excluding tert-OH is 1. The molecule has 3 atom stereocenters. The molecule has 0 bridgehead atoms. The van der Waals surface area contributed by atoms with Crippen LogP contribution in [0.25, 0.3) is 0 Å². The van der Waals surface area contributed by atoms with Gasteiger partial charge < -0.3 is 19.7 Å². The highest BCUT2D eigenvalue weighted by Gasteiger charge is 2.28. The zero-order valence-electron chi connectivity index (χ0n) is 9.49. The first-order valence-corrected chi connectivity index (χ1v) is 4.95. The molecule has 4 heteroatoms. The smallest absolute Gasteiger partial charge is 0.167 e. The number of ether oxygens (including phenoxy) is 2. The minimum Gasteiger partial charge on any atom is -0.393 e. The fourth-order valence-electron chi connectivity index (χ4n) is 1.30. The van der Waals surface area contributed by atoms with E-state index in [2.05, 4.69) is 0 Å². The Labute approximate surface area is 85.8 Å². The van der Waals surface area contributed by atoms with E-state index in [0.717, 1.165) is 0 Å². The molecule has 0 saturated heterocycles. The second-order valence-corrected chi connectivity index (χ2v) is 3.64. The van der Waals surface area contributed by atoms with Crippen molar-refractivity contribution in [2.75, 3.05) is 14.2 Å². The van der Waals surface area contributed by atoms with Gasteiger partial charge in [-0.05, 0) is 19.8 Å². The van der Waals surface area contributed by atoms with Crippen molar-refractivity contribution in [2.24, 2.45) is 0 Å². The summed E-state index contributed by atoms with van der Waals surface area (Å²) in [6, 6.07) is 0. The standard InChI is InChI=1S/C10H22O4/c1-5-10(12,14-4)7-9(11)6-8(2)13-3/h8-9,11-12H,5-7H2,1-4H3. The number of rotatable bonds is 7. The molecule has 86 valence electrons. The van der Waals surface area contributed by atoms with Crippen LogP contribution in [0.4, 0.5) is 0 Å². The van der Waals surface area contributed by atoms with Crippen LogP contribution in [0.2, 0.25) is 0 Å². The maximum Gasteiger partial charge on any atom is 0.167 e. The van der Waals surface area contributed by atoms with Crippen LogP contribution in [0, 0.1) is 0 Å². The summed E-state index contributed by atoms with van der Waals surface area (Å²) < 4.78 is 9.95. The van der Waals surface area contributed by atoms with Gasteiger partial charge in [0.15, 0.2) is 5.79 Å². The van der Waals surface area contributed by atoms with Gasteiger partial charge in [0.2, 0.25) is 0 Å². The zero-order valence-corrected chi connectivity index (χ0v) is 9.49. The molecular weight excluding hydrogens is 184 g/mol. The second kappa shape index (κ2) is 6.35. The van der Waals surface area contributed by atoms with Crippen molar-refractivity contribution in [2.45, 2.75) is 51.1 Å². The average Bonchev–Trinajstić information content (AvgIpc) is 2.17. The Morgan fingerprint density at radius 1 is 1.36 bits per heavy atom. The molecular formula is C10H22O4. The van der Waals surface area contributed by atoms with Crippen molar-refractivity contribution in [3.05, 3.63) is 0 Å². The Kier molecular flexibility index (Phi) is 6.27. The predicted octanol–water partition coefficient (Wildman–Crippen LogP) is 0.907. The highest BCUT2D eigenvalue weighted by molar-refractivity contribution is 4.72. The van der Waals surface area contributed by atoms with E-state index in [9.17, 15) is 10.2 Å². The number of hydrogen-bond acceptors (Lipinski definition) is 4. The van der Waals surface area contributed by atoms with Gasteiger partial charge >= 0.3 is 0 Å². The number of hydrogen-bond donors (Lipinski definition) is 2. The van der Waals surface area contributed by atoms with Gasteiger partial charge in [-0.25, -0.2) is 0 Å². The Hall–Kier alpha value is -0.160.